The molecule has 0 aromatic rings. The van der Waals surface area contributed by atoms with Gasteiger partial charge in [0.05, 0.1) is 24.9 Å². The Hall–Kier alpha value is -1.79. The van der Waals surface area contributed by atoms with Gasteiger partial charge in [0.1, 0.15) is 0 Å². The number of hydrogen-bond donors (Lipinski definition) is 2. The number of aliphatic hydroxyl groups is 2. The molecule has 0 radical (unpaired) electrons. The standard InChI is InChI=1S/C25H36O5/c1-15(2)9-20(10-17(5)7-8-22(27)16(3)4)29-25-12-19(14-26)21-13-23(28)18(6)11-24(21)30-25/h10-12,20-22,24-27H,1,3,7-9,13-14H2,2,4-6H3/b17-10+. The van der Waals surface area contributed by atoms with E-state index in [-0.39, 0.29) is 30.5 Å². The van der Waals surface area contributed by atoms with E-state index in [1.165, 1.54) is 0 Å². The molecule has 0 saturated heterocycles. The van der Waals surface area contributed by atoms with Crippen molar-refractivity contribution < 1.29 is 24.5 Å². The number of rotatable bonds is 10. The predicted octanol–water partition coefficient (Wildman–Crippen LogP) is 4.18. The number of aliphatic hydroxyl groups excluding tert-OH is 2. The smallest absolute Gasteiger partial charge is 0.178 e. The van der Waals surface area contributed by atoms with E-state index in [1.807, 2.05) is 32.9 Å². The maximum Gasteiger partial charge on any atom is 0.178 e. The highest BCUT2D eigenvalue weighted by Gasteiger charge is 2.37. The van der Waals surface area contributed by atoms with E-state index in [4.69, 9.17) is 9.47 Å². The van der Waals surface area contributed by atoms with E-state index in [9.17, 15) is 15.0 Å². The average Bonchev–Trinajstić information content (AvgIpc) is 2.66. The normalized spacial score (nSPS) is 26.4. The Bertz CT molecular complexity index is 758. The lowest BCUT2D eigenvalue weighted by atomic mass is 9.80. The molecule has 1 aliphatic carbocycles. The fourth-order valence-corrected chi connectivity index (χ4v) is 3.82. The zero-order valence-electron chi connectivity index (χ0n) is 18.7. The predicted molar refractivity (Wildman–Crippen MR) is 119 cm³/mol. The first kappa shape index (κ1) is 24.5. The first-order valence-corrected chi connectivity index (χ1v) is 10.6. The van der Waals surface area contributed by atoms with Crippen molar-refractivity contribution in [3.05, 3.63) is 59.3 Å². The van der Waals surface area contributed by atoms with Crippen molar-refractivity contribution >= 4 is 5.78 Å². The van der Waals surface area contributed by atoms with E-state index in [0.29, 0.717) is 24.8 Å². The highest BCUT2D eigenvalue weighted by atomic mass is 16.7. The number of ether oxygens (including phenoxy) is 2. The monoisotopic (exact) mass is 416 g/mol. The van der Waals surface area contributed by atoms with Gasteiger partial charge < -0.3 is 19.7 Å². The van der Waals surface area contributed by atoms with Gasteiger partial charge in [0, 0.05) is 12.3 Å². The molecule has 0 bridgehead atoms. The van der Waals surface area contributed by atoms with Crippen molar-refractivity contribution in [2.24, 2.45) is 5.92 Å². The third-order valence-corrected chi connectivity index (χ3v) is 5.67. The number of fused-ring (bicyclic) bond motifs is 1. The summed E-state index contributed by atoms with van der Waals surface area (Å²) in [7, 11) is 0. The second kappa shape index (κ2) is 11.0. The maximum atomic E-state index is 12.1. The molecule has 2 rings (SSSR count). The molecule has 0 amide bonds. The maximum absolute atomic E-state index is 12.1. The minimum absolute atomic E-state index is 0.0919. The van der Waals surface area contributed by atoms with Gasteiger partial charge in [0.15, 0.2) is 12.1 Å². The van der Waals surface area contributed by atoms with Crippen LogP contribution in [0.15, 0.2) is 59.3 Å². The number of ketones is 1. The van der Waals surface area contributed by atoms with E-state index in [0.717, 1.165) is 28.7 Å². The largest absolute Gasteiger partial charge is 0.392 e. The highest BCUT2D eigenvalue weighted by Crippen LogP contribution is 2.35. The van der Waals surface area contributed by atoms with Gasteiger partial charge in [-0.05, 0) is 70.3 Å². The summed E-state index contributed by atoms with van der Waals surface area (Å²) in [6.45, 7) is 15.3. The number of Topliss-reactive ketones (excluding diaryl/α,β-unsaturated/α-hetero) is 1. The molecule has 5 nitrogen and oxygen atoms in total. The molecule has 1 heterocycles. The van der Waals surface area contributed by atoms with Gasteiger partial charge in [-0.25, -0.2) is 0 Å². The summed E-state index contributed by atoms with van der Waals surface area (Å²) in [4.78, 5) is 12.1. The molecule has 0 saturated carbocycles. The van der Waals surface area contributed by atoms with Crippen LogP contribution < -0.4 is 0 Å². The second-order valence-electron chi connectivity index (χ2n) is 8.70. The van der Waals surface area contributed by atoms with Crippen LogP contribution in [0, 0.1) is 5.92 Å². The van der Waals surface area contributed by atoms with E-state index < -0.39 is 12.4 Å². The second-order valence-corrected chi connectivity index (χ2v) is 8.70. The number of hydrogen-bond acceptors (Lipinski definition) is 5. The highest BCUT2D eigenvalue weighted by molar-refractivity contribution is 5.96. The Kier molecular flexibility index (Phi) is 8.98. The van der Waals surface area contributed by atoms with Crippen molar-refractivity contribution in [1.29, 1.82) is 0 Å². The molecular weight excluding hydrogens is 380 g/mol. The van der Waals surface area contributed by atoms with Crippen LogP contribution in [0.3, 0.4) is 0 Å². The Balaban J connectivity index is 2.13. The van der Waals surface area contributed by atoms with Crippen LogP contribution in [0.1, 0.15) is 53.4 Å². The number of carbonyl (C=O) groups is 1. The lowest BCUT2D eigenvalue weighted by Crippen LogP contribution is -2.40. The molecule has 0 aromatic heterocycles. The van der Waals surface area contributed by atoms with Crippen LogP contribution in [0.25, 0.3) is 0 Å². The van der Waals surface area contributed by atoms with Crippen LogP contribution in [0.2, 0.25) is 0 Å². The van der Waals surface area contributed by atoms with Gasteiger partial charge in [0.25, 0.3) is 0 Å². The minimum atomic E-state index is -0.611. The van der Waals surface area contributed by atoms with Crippen LogP contribution in [-0.2, 0) is 14.3 Å². The molecule has 30 heavy (non-hydrogen) atoms. The topological polar surface area (TPSA) is 76.0 Å². The first-order valence-electron chi connectivity index (χ1n) is 10.6. The third kappa shape index (κ3) is 6.88. The summed E-state index contributed by atoms with van der Waals surface area (Å²) >= 11 is 0. The Labute approximate surface area is 180 Å². The van der Waals surface area contributed by atoms with Gasteiger partial charge in [-0.1, -0.05) is 29.4 Å². The number of allylic oxidation sites excluding steroid dienone is 2. The summed E-state index contributed by atoms with van der Waals surface area (Å²) in [5.41, 5.74) is 4.34. The van der Waals surface area contributed by atoms with Gasteiger partial charge in [-0.2, -0.15) is 0 Å². The average molecular weight is 417 g/mol. The van der Waals surface area contributed by atoms with Gasteiger partial charge >= 0.3 is 0 Å². The molecule has 0 spiro atoms. The fraction of sp³-hybridized carbons (Fsp3) is 0.560. The van der Waals surface area contributed by atoms with E-state index in [1.54, 1.807) is 13.0 Å². The van der Waals surface area contributed by atoms with Crippen LogP contribution >= 0.6 is 0 Å². The first-order chi connectivity index (χ1) is 14.1. The van der Waals surface area contributed by atoms with Crippen LogP contribution in [0.5, 0.6) is 0 Å². The molecule has 2 aliphatic rings. The van der Waals surface area contributed by atoms with Crippen LogP contribution in [-0.4, -0.2) is 47.2 Å². The summed E-state index contributed by atoms with van der Waals surface area (Å²) in [6.07, 6.45) is 6.40. The summed E-state index contributed by atoms with van der Waals surface area (Å²) in [5, 5.41) is 19.8. The molecule has 5 atom stereocenters. The summed E-state index contributed by atoms with van der Waals surface area (Å²) < 4.78 is 12.3. The SMILES string of the molecule is C=C(C)CC(/C=C(\C)CCC(O)C(=C)C)OC1C=C(CO)C2CC(=O)C(C)=CC2O1. The van der Waals surface area contributed by atoms with Crippen molar-refractivity contribution in [1.82, 2.24) is 0 Å². The minimum Gasteiger partial charge on any atom is -0.392 e. The number of carbonyl (C=O) groups excluding carboxylic acids is 1. The Morgan fingerprint density at radius 3 is 2.63 bits per heavy atom. The summed E-state index contributed by atoms with van der Waals surface area (Å²) in [6, 6.07) is 0. The van der Waals surface area contributed by atoms with E-state index >= 15 is 0 Å². The van der Waals surface area contributed by atoms with Crippen molar-refractivity contribution in [2.45, 2.75) is 78.0 Å². The van der Waals surface area contributed by atoms with Gasteiger partial charge in [0.2, 0.25) is 0 Å². The van der Waals surface area contributed by atoms with Crippen LogP contribution in [0.4, 0.5) is 0 Å². The molecule has 166 valence electrons. The van der Waals surface area contributed by atoms with Crippen molar-refractivity contribution in [3.8, 4) is 0 Å². The quantitative estimate of drug-likeness (QED) is 0.523. The van der Waals surface area contributed by atoms with E-state index in [2.05, 4.69) is 13.2 Å². The third-order valence-electron chi connectivity index (χ3n) is 5.67. The molecule has 2 N–H and O–H groups in total. The molecular formula is C25H36O5. The summed E-state index contributed by atoms with van der Waals surface area (Å²) in [5.74, 6) is -0.0409. The Morgan fingerprint density at radius 2 is 2.03 bits per heavy atom. The molecule has 5 heteroatoms. The zero-order chi connectivity index (χ0) is 22.4. The fourth-order valence-electron chi connectivity index (χ4n) is 3.82. The van der Waals surface area contributed by atoms with Gasteiger partial charge in [-0.15, -0.1) is 6.58 Å². The lowest BCUT2D eigenvalue weighted by molar-refractivity contribution is -0.167. The molecule has 0 fully saturated rings. The Morgan fingerprint density at radius 1 is 1.33 bits per heavy atom. The zero-order valence-corrected chi connectivity index (χ0v) is 18.7. The van der Waals surface area contributed by atoms with Gasteiger partial charge in [-0.3, -0.25) is 4.79 Å². The van der Waals surface area contributed by atoms with Crippen molar-refractivity contribution in [3.63, 3.8) is 0 Å². The van der Waals surface area contributed by atoms with Crippen molar-refractivity contribution in [2.75, 3.05) is 6.61 Å². The molecule has 0 aromatic carbocycles. The lowest BCUT2D eigenvalue weighted by Gasteiger charge is -2.37. The molecule has 1 aliphatic heterocycles. The molecule has 5 unspecified atom stereocenters.